The Labute approximate surface area is 212 Å². The molecule has 0 amide bonds. The summed E-state index contributed by atoms with van der Waals surface area (Å²) in [7, 11) is 6.55. The Hall–Kier alpha value is -3.48. The molecule has 2 heterocycles. The van der Waals surface area contributed by atoms with Crippen molar-refractivity contribution in [2.75, 3.05) is 33.6 Å². The lowest BCUT2D eigenvalue weighted by atomic mass is 10.0. The van der Waals surface area contributed by atoms with Crippen LogP contribution in [-0.2, 0) is 0 Å². The fourth-order valence-electron chi connectivity index (χ4n) is 3.63. The number of aromatic nitrogens is 1. The average molecular weight is 513 g/mol. The van der Waals surface area contributed by atoms with Crippen molar-refractivity contribution in [2.45, 2.75) is 6.23 Å². The predicted molar refractivity (Wildman–Crippen MR) is 136 cm³/mol. The Kier molecular flexibility index (Phi) is 7.05. The highest BCUT2D eigenvalue weighted by molar-refractivity contribution is 6.37. The molecule has 0 spiro atoms. The smallest absolute Gasteiger partial charge is 0.165 e. The van der Waals surface area contributed by atoms with Crippen LogP contribution in [0.2, 0.25) is 10.0 Å². The lowest BCUT2D eigenvalue weighted by Crippen LogP contribution is -2.18. The van der Waals surface area contributed by atoms with Gasteiger partial charge >= 0.3 is 0 Å². The lowest BCUT2D eigenvalue weighted by molar-refractivity contribution is 0.0209. The van der Waals surface area contributed by atoms with Gasteiger partial charge in [0.05, 0.1) is 53.0 Å². The number of nitriles is 1. The molecular weight excluding hydrogens is 491 g/mol. The van der Waals surface area contributed by atoms with Crippen molar-refractivity contribution in [1.29, 1.82) is 5.26 Å². The van der Waals surface area contributed by atoms with Crippen molar-refractivity contribution in [3.63, 3.8) is 0 Å². The molecule has 4 aromatic rings. The normalized spacial score (nSPS) is 12.0. The molecule has 0 radical (unpaired) electrons. The molecule has 2 N–H and O–H groups in total. The number of pyridine rings is 1. The van der Waals surface area contributed by atoms with Crippen LogP contribution in [0.15, 0.2) is 47.2 Å². The van der Waals surface area contributed by atoms with Crippen LogP contribution in [0.3, 0.4) is 0 Å². The van der Waals surface area contributed by atoms with Gasteiger partial charge in [-0.3, -0.25) is 9.88 Å². The van der Waals surface area contributed by atoms with E-state index in [2.05, 4.69) is 16.4 Å². The van der Waals surface area contributed by atoms with E-state index in [-0.39, 0.29) is 0 Å². The third-order valence-corrected chi connectivity index (χ3v) is 6.09. The number of ether oxygens (including phenoxy) is 2. The van der Waals surface area contributed by atoms with Gasteiger partial charge in [0.15, 0.2) is 6.23 Å². The highest BCUT2D eigenvalue weighted by Gasteiger charge is 2.20. The first-order valence-electron chi connectivity index (χ1n) is 10.4. The summed E-state index contributed by atoms with van der Waals surface area (Å²) < 4.78 is 16.5. The second-order valence-corrected chi connectivity index (χ2v) is 8.71. The zero-order chi connectivity index (χ0) is 25.3. The van der Waals surface area contributed by atoms with Crippen LogP contribution in [-0.4, -0.2) is 43.3 Å². The molecule has 0 fully saturated rings. The first-order chi connectivity index (χ1) is 16.8. The van der Waals surface area contributed by atoms with Gasteiger partial charge in [0.25, 0.3) is 0 Å². The second kappa shape index (κ2) is 10.0. The third kappa shape index (κ3) is 4.72. The number of hydrogen-bond donors (Lipinski definition) is 2. The number of rotatable bonds is 7. The van der Waals surface area contributed by atoms with E-state index >= 15 is 0 Å². The van der Waals surface area contributed by atoms with E-state index in [9.17, 15) is 10.4 Å². The fraction of sp³-hybridized carbons (Fsp3) is 0.200. The van der Waals surface area contributed by atoms with Gasteiger partial charge in [0, 0.05) is 28.8 Å². The summed E-state index contributed by atoms with van der Waals surface area (Å²) in [5, 5.41) is 24.6. The molecule has 4 rings (SSSR count). The Morgan fingerprint density at radius 1 is 1.09 bits per heavy atom. The quantitative estimate of drug-likeness (QED) is 0.291. The van der Waals surface area contributed by atoms with Gasteiger partial charge < -0.3 is 24.3 Å². The summed E-state index contributed by atoms with van der Waals surface area (Å²) in [5.41, 5.74) is 3.37. The van der Waals surface area contributed by atoms with Crippen molar-refractivity contribution >= 4 is 45.5 Å². The van der Waals surface area contributed by atoms with Crippen molar-refractivity contribution in [1.82, 2.24) is 9.88 Å². The second-order valence-electron chi connectivity index (χ2n) is 7.89. The Bertz CT molecular complexity index is 1450. The zero-order valence-electron chi connectivity index (χ0n) is 19.4. The van der Waals surface area contributed by atoms with Crippen LogP contribution in [0, 0.1) is 11.3 Å². The molecule has 0 saturated carbocycles. The maximum atomic E-state index is 10.3. The number of methoxy groups -OCH3 is 2. The van der Waals surface area contributed by atoms with E-state index in [0.29, 0.717) is 60.7 Å². The molecule has 1 atom stereocenters. The maximum absolute atomic E-state index is 10.3. The van der Waals surface area contributed by atoms with E-state index < -0.39 is 6.23 Å². The summed E-state index contributed by atoms with van der Waals surface area (Å²) in [6.45, 7) is 0. The monoisotopic (exact) mass is 512 g/mol. The minimum Gasteiger partial charge on any atom is -0.496 e. The molecule has 0 saturated heterocycles. The van der Waals surface area contributed by atoms with Crippen molar-refractivity contribution in [3.05, 3.63) is 64.2 Å². The molecule has 2 aromatic carbocycles. The molecule has 0 aliphatic carbocycles. The van der Waals surface area contributed by atoms with Crippen molar-refractivity contribution in [2.24, 2.45) is 0 Å². The van der Waals surface area contributed by atoms with Gasteiger partial charge in [0.2, 0.25) is 0 Å². The topological polar surface area (TPSA) is 104 Å². The SMILES string of the molecule is COc1cc(Nc2c(C#N)cnc3cc(-c4coc(C(O)N(C)C)c4)c(OC)cc23)c(Cl)cc1Cl. The Morgan fingerprint density at radius 3 is 2.49 bits per heavy atom. The molecule has 0 bridgehead atoms. The van der Waals surface area contributed by atoms with Crippen LogP contribution in [0.4, 0.5) is 11.4 Å². The average Bonchev–Trinajstić information content (AvgIpc) is 3.34. The van der Waals surface area contributed by atoms with Crippen molar-refractivity contribution in [3.8, 4) is 28.7 Å². The fourth-order valence-corrected chi connectivity index (χ4v) is 4.14. The van der Waals surface area contributed by atoms with Gasteiger partial charge in [-0.15, -0.1) is 0 Å². The molecule has 0 aliphatic rings. The van der Waals surface area contributed by atoms with E-state index in [1.807, 2.05) is 6.07 Å². The number of anilines is 2. The molecule has 8 nitrogen and oxygen atoms in total. The van der Waals surface area contributed by atoms with Crippen LogP contribution in [0.1, 0.15) is 17.6 Å². The van der Waals surface area contributed by atoms with Crippen LogP contribution in [0.25, 0.3) is 22.0 Å². The number of benzene rings is 2. The van der Waals surface area contributed by atoms with E-state index in [0.717, 1.165) is 5.56 Å². The number of aliphatic hydroxyl groups is 1. The number of fused-ring (bicyclic) bond motifs is 1. The molecule has 35 heavy (non-hydrogen) atoms. The molecule has 1 unspecified atom stereocenters. The number of nitrogens with one attached hydrogen (secondary N) is 1. The largest absolute Gasteiger partial charge is 0.496 e. The number of aliphatic hydroxyl groups excluding tert-OH is 1. The van der Waals surface area contributed by atoms with E-state index in [4.69, 9.17) is 37.1 Å². The standard InChI is InChI=1S/C25H22Cl2N4O4/c1-31(2)25(32)23-5-13(12-35-23)15-6-19-16(7-21(15)33-3)24(14(10-28)11-29-19)30-20-9-22(34-4)18(27)8-17(20)26/h5-9,11-12,25,32H,1-4H3,(H,29,30). The molecule has 180 valence electrons. The first kappa shape index (κ1) is 24.6. The Morgan fingerprint density at radius 2 is 1.83 bits per heavy atom. The van der Waals surface area contributed by atoms with Gasteiger partial charge in [-0.05, 0) is 38.4 Å². The summed E-state index contributed by atoms with van der Waals surface area (Å²) in [4.78, 5) is 6.10. The number of nitrogens with zero attached hydrogens (tertiary/aromatic N) is 3. The number of halogens is 2. The minimum absolute atomic E-state index is 0.317. The number of hydrogen-bond acceptors (Lipinski definition) is 8. The molecular formula is C25H22Cl2N4O4. The summed E-state index contributed by atoms with van der Waals surface area (Å²) in [6.07, 6.45) is 2.15. The third-order valence-electron chi connectivity index (χ3n) is 5.49. The highest BCUT2D eigenvalue weighted by Crippen LogP contribution is 2.41. The summed E-state index contributed by atoms with van der Waals surface area (Å²) >= 11 is 12.6. The van der Waals surface area contributed by atoms with Crippen molar-refractivity contribution < 1.29 is 19.0 Å². The zero-order valence-corrected chi connectivity index (χ0v) is 20.9. The summed E-state index contributed by atoms with van der Waals surface area (Å²) in [6, 6.07) is 10.8. The number of furan rings is 1. The summed E-state index contributed by atoms with van der Waals surface area (Å²) in [5.74, 6) is 1.36. The van der Waals surface area contributed by atoms with Gasteiger partial charge in [-0.25, -0.2) is 0 Å². The van der Waals surface area contributed by atoms with Gasteiger partial charge in [0.1, 0.15) is 23.3 Å². The maximum Gasteiger partial charge on any atom is 0.165 e. The van der Waals surface area contributed by atoms with E-state index in [1.54, 1.807) is 56.6 Å². The van der Waals surface area contributed by atoms with E-state index in [1.165, 1.54) is 13.3 Å². The van der Waals surface area contributed by atoms with Gasteiger partial charge in [-0.2, -0.15) is 5.26 Å². The van der Waals surface area contributed by atoms with Crippen LogP contribution in [0.5, 0.6) is 11.5 Å². The lowest BCUT2D eigenvalue weighted by Gasteiger charge is -2.16. The van der Waals surface area contributed by atoms with Crippen LogP contribution >= 0.6 is 23.2 Å². The van der Waals surface area contributed by atoms with Gasteiger partial charge in [-0.1, -0.05) is 23.2 Å². The first-order valence-corrected chi connectivity index (χ1v) is 11.2. The minimum atomic E-state index is -0.886. The highest BCUT2D eigenvalue weighted by atomic mass is 35.5. The molecule has 0 aliphatic heterocycles. The Balaban J connectivity index is 1.86. The van der Waals surface area contributed by atoms with Crippen LogP contribution < -0.4 is 14.8 Å². The predicted octanol–water partition coefficient (Wildman–Crippen LogP) is 5.99. The molecule has 10 heteroatoms. The molecule has 2 aromatic heterocycles.